The van der Waals surface area contributed by atoms with Crippen molar-refractivity contribution in [1.82, 2.24) is 0 Å². The number of ketones is 1. The van der Waals surface area contributed by atoms with E-state index in [4.69, 9.17) is 4.74 Å². The van der Waals surface area contributed by atoms with Gasteiger partial charge in [0.1, 0.15) is 11.5 Å². The summed E-state index contributed by atoms with van der Waals surface area (Å²) in [5.41, 5.74) is 0.861. The van der Waals surface area contributed by atoms with Crippen LogP contribution in [0.5, 0.6) is 11.5 Å². The fourth-order valence-electron chi connectivity index (χ4n) is 2.74. The molecule has 0 radical (unpaired) electrons. The Hall–Kier alpha value is -2.29. The molecule has 2 aromatic carbocycles. The molecule has 0 bridgehead atoms. The summed E-state index contributed by atoms with van der Waals surface area (Å²) in [6.07, 6.45) is 5.95. The molecule has 134 valence electrons. The average molecular weight is 340 g/mol. The maximum atomic E-state index is 12.4. The quantitative estimate of drug-likeness (QED) is 0.452. The Labute approximate surface area is 150 Å². The molecular weight excluding hydrogens is 312 g/mol. The lowest BCUT2D eigenvalue weighted by molar-refractivity contribution is 0.103. The third-order valence-corrected chi connectivity index (χ3v) is 4.19. The second-order valence-corrected chi connectivity index (χ2v) is 6.82. The number of hydrogen-bond acceptors (Lipinski definition) is 3. The van der Waals surface area contributed by atoms with Gasteiger partial charge in [0.25, 0.3) is 0 Å². The van der Waals surface area contributed by atoms with Crippen LogP contribution in [-0.2, 0) is 0 Å². The molecule has 0 aliphatic carbocycles. The van der Waals surface area contributed by atoms with E-state index in [1.54, 1.807) is 24.3 Å². The van der Waals surface area contributed by atoms with Crippen molar-refractivity contribution in [2.24, 2.45) is 5.92 Å². The molecule has 0 saturated carbocycles. The summed E-state index contributed by atoms with van der Waals surface area (Å²) < 4.78 is 5.68. The highest BCUT2D eigenvalue weighted by Gasteiger charge is 2.13. The molecule has 0 saturated heterocycles. The van der Waals surface area contributed by atoms with Gasteiger partial charge in [-0.1, -0.05) is 69.9 Å². The summed E-state index contributed by atoms with van der Waals surface area (Å²) in [5, 5.41) is 10.1. The molecule has 0 fully saturated rings. The van der Waals surface area contributed by atoms with Gasteiger partial charge in [0.05, 0.1) is 12.2 Å². The second kappa shape index (κ2) is 9.87. The van der Waals surface area contributed by atoms with E-state index in [1.165, 1.54) is 25.3 Å². The van der Waals surface area contributed by atoms with Gasteiger partial charge in [0, 0.05) is 11.6 Å². The van der Waals surface area contributed by atoms with Crippen molar-refractivity contribution < 1.29 is 14.6 Å². The van der Waals surface area contributed by atoms with Gasteiger partial charge in [-0.25, -0.2) is 0 Å². The van der Waals surface area contributed by atoms with E-state index in [0.29, 0.717) is 23.5 Å². The van der Waals surface area contributed by atoms with Gasteiger partial charge >= 0.3 is 0 Å². The predicted octanol–water partition coefficient (Wildman–Crippen LogP) is 5.61. The zero-order valence-electron chi connectivity index (χ0n) is 15.2. The molecule has 25 heavy (non-hydrogen) atoms. The fraction of sp³-hybridized carbons (Fsp3) is 0.409. The minimum absolute atomic E-state index is 0.0386. The van der Waals surface area contributed by atoms with Crippen LogP contribution in [0.3, 0.4) is 0 Å². The standard InChI is InChI=1S/C22H28O3/c1-17(2)10-6-3-4-9-15-25-19-13-14-20(21(23)16-19)22(24)18-11-7-5-8-12-18/h5,7-8,11-14,16-17,23H,3-4,6,9-10,15H2,1-2H3. The highest BCUT2D eigenvalue weighted by atomic mass is 16.5. The first kappa shape index (κ1) is 19.0. The van der Waals surface area contributed by atoms with Gasteiger partial charge in [0.15, 0.2) is 5.78 Å². The number of unbranched alkanes of at least 4 members (excludes halogenated alkanes) is 3. The number of benzene rings is 2. The van der Waals surface area contributed by atoms with Gasteiger partial charge in [0.2, 0.25) is 0 Å². The Kier molecular flexibility index (Phi) is 7.52. The zero-order valence-corrected chi connectivity index (χ0v) is 15.2. The molecule has 0 amide bonds. The first-order valence-electron chi connectivity index (χ1n) is 9.13. The molecule has 0 aliphatic rings. The summed E-state index contributed by atoms with van der Waals surface area (Å²) in [4.78, 5) is 12.4. The van der Waals surface area contributed by atoms with Crippen LogP contribution in [-0.4, -0.2) is 17.5 Å². The minimum atomic E-state index is -0.185. The van der Waals surface area contributed by atoms with Crippen LogP contribution in [0.25, 0.3) is 0 Å². The van der Waals surface area contributed by atoms with Gasteiger partial charge in [-0.2, -0.15) is 0 Å². The van der Waals surface area contributed by atoms with E-state index >= 15 is 0 Å². The van der Waals surface area contributed by atoms with Crippen LogP contribution in [0, 0.1) is 5.92 Å². The number of phenolic OH excluding ortho intramolecular Hbond substituents is 1. The van der Waals surface area contributed by atoms with Crippen LogP contribution < -0.4 is 4.74 Å². The van der Waals surface area contributed by atoms with E-state index in [1.807, 2.05) is 18.2 Å². The van der Waals surface area contributed by atoms with E-state index in [0.717, 1.165) is 18.8 Å². The Morgan fingerprint density at radius 1 is 1.00 bits per heavy atom. The number of phenols is 1. The van der Waals surface area contributed by atoms with E-state index in [9.17, 15) is 9.90 Å². The normalized spacial score (nSPS) is 10.8. The zero-order chi connectivity index (χ0) is 18.1. The van der Waals surface area contributed by atoms with Crippen molar-refractivity contribution in [2.75, 3.05) is 6.61 Å². The first-order valence-corrected chi connectivity index (χ1v) is 9.13. The van der Waals surface area contributed by atoms with Crippen molar-refractivity contribution in [3.63, 3.8) is 0 Å². The molecular formula is C22H28O3. The lowest BCUT2D eigenvalue weighted by Crippen LogP contribution is -2.02. The fourth-order valence-corrected chi connectivity index (χ4v) is 2.74. The minimum Gasteiger partial charge on any atom is -0.507 e. The summed E-state index contributed by atoms with van der Waals surface area (Å²) in [6, 6.07) is 13.9. The van der Waals surface area contributed by atoms with Crippen molar-refractivity contribution in [1.29, 1.82) is 0 Å². The number of aromatic hydroxyl groups is 1. The molecule has 3 nitrogen and oxygen atoms in total. The van der Waals surface area contributed by atoms with Crippen molar-refractivity contribution in [3.05, 3.63) is 59.7 Å². The number of carbonyl (C=O) groups is 1. The summed E-state index contributed by atoms with van der Waals surface area (Å²) in [5.74, 6) is 1.15. The molecule has 1 N–H and O–H groups in total. The third-order valence-electron chi connectivity index (χ3n) is 4.19. The number of carbonyl (C=O) groups excluding carboxylic acids is 1. The maximum absolute atomic E-state index is 12.4. The van der Waals surface area contributed by atoms with Gasteiger partial charge < -0.3 is 9.84 Å². The maximum Gasteiger partial charge on any atom is 0.196 e. The summed E-state index contributed by atoms with van der Waals surface area (Å²) in [7, 11) is 0. The largest absolute Gasteiger partial charge is 0.507 e. The van der Waals surface area contributed by atoms with Crippen molar-refractivity contribution in [3.8, 4) is 11.5 Å². The Morgan fingerprint density at radius 2 is 1.72 bits per heavy atom. The molecule has 0 aromatic heterocycles. The topological polar surface area (TPSA) is 46.5 Å². The SMILES string of the molecule is CC(C)CCCCCCOc1ccc(C(=O)c2ccccc2)c(O)c1. The van der Waals surface area contributed by atoms with E-state index in [-0.39, 0.29) is 11.5 Å². The van der Waals surface area contributed by atoms with Crippen LogP contribution in [0.15, 0.2) is 48.5 Å². The van der Waals surface area contributed by atoms with Gasteiger partial charge in [-0.3, -0.25) is 4.79 Å². The molecule has 0 aliphatic heterocycles. The Balaban J connectivity index is 1.80. The van der Waals surface area contributed by atoms with E-state index < -0.39 is 0 Å². The van der Waals surface area contributed by atoms with Crippen molar-refractivity contribution >= 4 is 5.78 Å². The lowest BCUT2D eigenvalue weighted by Gasteiger charge is -2.09. The second-order valence-electron chi connectivity index (χ2n) is 6.82. The monoisotopic (exact) mass is 340 g/mol. The molecule has 0 unspecified atom stereocenters. The molecule has 2 aromatic rings. The molecule has 0 heterocycles. The van der Waals surface area contributed by atoms with Crippen LogP contribution >= 0.6 is 0 Å². The van der Waals surface area contributed by atoms with Crippen LogP contribution in [0.2, 0.25) is 0 Å². The van der Waals surface area contributed by atoms with E-state index in [2.05, 4.69) is 13.8 Å². The summed E-state index contributed by atoms with van der Waals surface area (Å²) in [6.45, 7) is 5.14. The van der Waals surface area contributed by atoms with Gasteiger partial charge in [-0.05, 0) is 24.5 Å². The van der Waals surface area contributed by atoms with Crippen LogP contribution in [0.1, 0.15) is 61.9 Å². The molecule has 2 rings (SSSR count). The molecule has 0 spiro atoms. The highest BCUT2D eigenvalue weighted by Crippen LogP contribution is 2.26. The molecule has 0 atom stereocenters. The number of rotatable bonds is 10. The van der Waals surface area contributed by atoms with Gasteiger partial charge in [-0.15, -0.1) is 0 Å². The smallest absolute Gasteiger partial charge is 0.196 e. The Bertz CT molecular complexity index is 662. The lowest BCUT2D eigenvalue weighted by atomic mass is 10.0. The number of hydrogen-bond donors (Lipinski definition) is 1. The first-order chi connectivity index (χ1) is 12.1. The summed E-state index contributed by atoms with van der Waals surface area (Å²) >= 11 is 0. The van der Waals surface area contributed by atoms with Crippen molar-refractivity contribution in [2.45, 2.75) is 46.0 Å². The average Bonchev–Trinajstić information content (AvgIpc) is 2.61. The van der Waals surface area contributed by atoms with Crippen LogP contribution in [0.4, 0.5) is 0 Å². The predicted molar refractivity (Wildman–Crippen MR) is 101 cm³/mol. The number of ether oxygens (including phenoxy) is 1. The Morgan fingerprint density at radius 3 is 2.40 bits per heavy atom. The third kappa shape index (κ3) is 6.26. The highest BCUT2D eigenvalue weighted by molar-refractivity contribution is 6.10. The molecule has 3 heteroatoms.